The largest absolute Gasteiger partial charge is 0.482 e. The van der Waals surface area contributed by atoms with Gasteiger partial charge >= 0.3 is 5.97 Å². The molecule has 0 fully saturated rings. The number of nitrogens with two attached hydrogens (primary N) is 1. The summed E-state index contributed by atoms with van der Waals surface area (Å²) in [7, 11) is -3.81. The average Bonchev–Trinajstić information content (AvgIpc) is 3.09. The summed E-state index contributed by atoms with van der Waals surface area (Å²) in [5.74, 6) is -0.786. The Morgan fingerprint density at radius 1 is 0.941 bits per heavy atom. The predicted molar refractivity (Wildman–Crippen MR) is 124 cm³/mol. The van der Waals surface area contributed by atoms with Crippen molar-refractivity contribution in [3.8, 4) is 11.4 Å². The number of primary sulfonamides is 1. The van der Waals surface area contributed by atoms with Crippen LogP contribution < -0.4 is 9.88 Å². The molecule has 0 radical (unpaired) electrons. The van der Waals surface area contributed by atoms with Gasteiger partial charge in [-0.1, -0.05) is 0 Å². The number of carbonyl (C=O) groups excluding carboxylic acids is 3. The van der Waals surface area contributed by atoms with E-state index in [1.165, 1.54) is 19.1 Å². The van der Waals surface area contributed by atoms with Crippen molar-refractivity contribution in [3.05, 3.63) is 77.1 Å². The molecule has 1 heterocycles. The maximum Gasteiger partial charge on any atom is 0.344 e. The minimum atomic E-state index is -3.81. The Bertz CT molecular complexity index is 1340. The fourth-order valence-electron chi connectivity index (χ4n) is 3.42. The first kappa shape index (κ1) is 24.9. The normalized spacial score (nSPS) is 11.2. The number of aromatic nitrogens is 1. The molecule has 0 unspecified atom stereocenters. The van der Waals surface area contributed by atoms with E-state index in [2.05, 4.69) is 0 Å². The third-order valence-corrected chi connectivity index (χ3v) is 6.07. The van der Waals surface area contributed by atoms with Gasteiger partial charge in [0, 0.05) is 28.2 Å². The molecule has 0 saturated carbocycles. The summed E-state index contributed by atoms with van der Waals surface area (Å²) in [5.41, 5.74) is 2.92. The lowest BCUT2D eigenvalue weighted by atomic mass is 10.1. The molecular weight excluding hydrogens is 460 g/mol. The van der Waals surface area contributed by atoms with Gasteiger partial charge in [-0.3, -0.25) is 9.59 Å². The van der Waals surface area contributed by atoms with Crippen LogP contribution in [0.5, 0.6) is 5.75 Å². The minimum absolute atomic E-state index is 0.0149. The maximum atomic E-state index is 12.7. The highest BCUT2D eigenvalue weighted by molar-refractivity contribution is 7.89. The van der Waals surface area contributed by atoms with Crippen LogP contribution in [-0.4, -0.2) is 43.7 Å². The SMILES string of the molecule is CC(=O)c1ccc(OCC(=O)OCC(=O)c2cc(C)n(-c3ccc(S(N)(=O)=O)cc3)c2C)cc1. The molecule has 34 heavy (non-hydrogen) atoms. The Kier molecular flexibility index (Phi) is 7.33. The molecule has 0 amide bonds. The molecule has 0 saturated heterocycles. The summed E-state index contributed by atoms with van der Waals surface area (Å²) in [6.45, 7) is 4.14. The van der Waals surface area contributed by atoms with Crippen LogP contribution in [0.25, 0.3) is 5.69 Å². The van der Waals surface area contributed by atoms with Crippen molar-refractivity contribution in [1.29, 1.82) is 0 Å². The zero-order chi connectivity index (χ0) is 25.0. The molecule has 2 N–H and O–H groups in total. The molecule has 0 spiro atoms. The van der Waals surface area contributed by atoms with Gasteiger partial charge < -0.3 is 14.0 Å². The van der Waals surface area contributed by atoms with Crippen LogP contribution >= 0.6 is 0 Å². The Balaban J connectivity index is 1.62. The Morgan fingerprint density at radius 3 is 2.12 bits per heavy atom. The highest BCUT2D eigenvalue weighted by Gasteiger charge is 2.19. The predicted octanol–water partition coefficient (Wildman–Crippen LogP) is 2.75. The Hall–Kier alpha value is -3.76. The van der Waals surface area contributed by atoms with Gasteiger partial charge in [0.1, 0.15) is 5.75 Å². The summed E-state index contributed by atoms with van der Waals surface area (Å²) in [6, 6.07) is 13.9. The lowest BCUT2D eigenvalue weighted by Crippen LogP contribution is -2.19. The average molecular weight is 485 g/mol. The van der Waals surface area contributed by atoms with E-state index in [4.69, 9.17) is 14.6 Å². The lowest BCUT2D eigenvalue weighted by Gasteiger charge is -2.11. The molecule has 3 aromatic rings. The van der Waals surface area contributed by atoms with Gasteiger partial charge in [-0.25, -0.2) is 18.4 Å². The fourth-order valence-corrected chi connectivity index (χ4v) is 3.94. The molecule has 0 aliphatic carbocycles. The molecular formula is C24H24N2O7S. The van der Waals surface area contributed by atoms with Crippen LogP contribution in [0, 0.1) is 13.8 Å². The van der Waals surface area contributed by atoms with Gasteiger partial charge in [0.25, 0.3) is 0 Å². The van der Waals surface area contributed by atoms with Crippen molar-refractivity contribution in [2.45, 2.75) is 25.7 Å². The van der Waals surface area contributed by atoms with E-state index in [0.717, 1.165) is 5.69 Å². The summed E-state index contributed by atoms with van der Waals surface area (Å²) >= 11 is 0. The molecule has 3 rings (SSSR count). The maximum absolute atomic E-state index is 12.7. The van der Waals surface area contributed by atoms with Crippen molar-refractivity contribution in [1.82, 2.24) is 4.57 Å². The first-order chi connectivity index (χ1) is 16.0. The highest BCUT2D eigenvalue weighted by Crippen LogP contribution is 2.22. The highest BCUT2D eigenvalue weighted by atomic mass is 32.2. The third-order valence-electron chi connectivity index (χ3n) is 5.14. The van der Waals surface area contributed by atoms with Gasteiger partial charge in [0.15, 0.2) is 19.0 Å². The van der Waals surface area contributed by atoms with E-state index in [-0.39, 0.29) is 23.1 Å². The Morgan fingerprint density at radius 2 is 1.56 bits per heavy atom. The number of carbonyl (C=O) groups is 3. The van der Waals surface area contributed by atoms with Crippen molar-refractivity contribution in [3.63, 3.8) is 0 Å². The summed E-state index contributed by atoms with van der Waals surface area (Å²) < 4.78 is 35.1. The topological polar surface area (TPSA) is 135 Å². The molecule has 9 nitrogen and oxygen atoms in total. The minimum Gasteiger partial charge on any atom is -0.482 e. The molecule has 0 aliphatic heterocycles. The van der Waals surface area contributed by atoms with Crippen LogP contribution in [0.1, 0.15) is 39.0 Å². The van der Waals surface area contributed by atoms with Gasteiger partial charge in [-0.15, -0.1) is 0 Å². The smallest absolute Gasteiger partial charge is 0.344 e. The van der Waals surface area contributed by atoms with E-state index in [9.17, 15) is 22.8 Å². The number of nitrogens with zero attached hydrogens (tertiary/aromatic N) is 1. The molecule has 0 atom stereocenters. The van der Waals surface area contributed by atoms with E-state index < -0.39 is 22.6 Å². The standard InChI is InChI=1S/C24H24N2O7S/c1-15-12-22(16(2)26(15)19-6-10-21(11-7-19)34(25,30)31)23(28)13-33-24(29)14-32-20-8-4-18(5-9-20)17(3)27/h4-12H,13-14H2,1-3H3,(H2,25,30,31). The number of esters is 1. The van der Waals surface area contributed by atoms with E-state index in [0.29, 0.717) is 28.3 Å². The molecule has 178 valence electrons. The molecule has 1 aromatic heterocycles. The van der Waals surface area contributed by atoms with Gasteiger partial charge in [-0.2, -0.15) is 0 Å². The number of hydrogen-bond acceptors (Lipinski definition) is 7. The summed E-state index contributed by atoms with van der Waals surface area (Å²) in [4.78, 5) is 35.9. The van der Waals surface area contributed by atoms with Crippen LogP contribution in [-0.2, 0) is 19.6 Å². The monoisotopic (exact) mass is 484 g/mol. The molecule has 10 heteroatoms. The van der Waals surface area contributed by atoms with E-state index in [1.54, 1.807) is 60.9 Å². The molecule has 0 aliphatic rings. The molecule has 2 aromatic carbocycles. The number of Topliss-reactive ketones (excluding diaryl/α,β-unsaturated/α-hetero) is 2. The quantitative estimate of drug-likeness (QED) is 0.364. The first-order valence-corrected chi connectivity index (χ1v) is 11.8. The van der Waals surface area contributed by atoms with Crippen molar-refractivity contribution in [2.75, 3.05) is 13.2 Å². The summed E-state index contributed by atoms with van der Waals surface area (Å²) in [5, 5.41) is 5.14. The number of benzene rings is 2. The van der Waals surface area contributed by atoms with Crippen molar-refractivity contribution in [2.24, 2.45) is 5.14 Å². The van der Waals surface area contributed by atoms with Crippen LogP contribution in [0.4, 0.5) is 0 Å². The van der Waals surface area contributed by atoms with Crippen LogP contribution in [0.15, 0.2) is 59.5 Å². The van der Waals surface area contributed by atoms with Crippen LogP contribution in [0.3, 0.4) is 0 Å². The molecule has 0 bridgehead atoms. The van der Waals surface area contributed by atoms with Gasteiger partial charge in [0.2, 0.25) is 15.8 Å². The number of sulfonamides is 1. The van der Waals surface area contributed by atoms with E-state index >= 15 is 0 Å². The third kappa shape index (κ3) is 5.77. The van der Waals surface area contributed by atoms with Crippen molar-refractivity contribution < 1.29 is 32.3 Å². The first-order valence-electron chi connectivity index (χ1n) is 10.2. The Labute approximate surface area is 197 Å². The number of ketones is 2. The fraction of sp³-hybridized carbons (Fsp3) is 0.208. The number of hydrogen-bond donors (Lipinski definition) is 1. The van der Waals surface area contributed by atoms with Gasteiger partial charge in [0.05, 0.1) is 4.90 Å². The van der Waals surface area contributed by atoms with Gasteiger partial charge in [-0.05, 0) is 75.4 Å². The number of ether oxygens (including phenoxy) is 2. The second-order valence-electron chi connectivity index (χ2n) is 7.61. The number of aryl methyl sites for hydroxylation is 1. The second-order valence-corrected chi connectivity index (χ2v) is 9.17. The zero-order valence-corrected chi connectivity index (χ0v) is 19.7. The van der Waals surface area contributed by atoms with Crippen molar-refractivity contribution >= 4 is 27.6 Å². The zero-order valence-electron chi connectivity index (χ0n) is 18.9. The second kappa shape index (κ2) is 10.0. The lowest BCUT2D eigenvalue weighted by molar-refractivity contribution is -0.144. The van der Waals surface area contributed by atoms with E-state index in [1.807, 2.05) is 0 Å². The van der Waals surface area contributed by atoms with Crippen LogP contribution in [0.2, 0.25) is 0 Å². The number of rotatable bonds is 9. The summed E-state index contributed by atoms with van der Waals surface area (Å²) in [6.07, 6.45) is 0.